The van der Waals surface area contributed by atoms with Gasteiger partial charge in [0.15, 0.2) is 0 Å². The van der Waals surface area contributed by atoms with Crippen LogP contribution >= 0.6 is 0 Å². The molecule has 100 valence electrons. The number of aliphatic hydroxyl groups is 1. The van der Waals surface area contributed by atoms with Gasteiger partial charge in [-0.15, -0.1) is 0 Å². The van der Waals surface area contributed by atoms with Gasteiger partial charge in [0.25, 0.3) is 0 Å². The first-order chi connectivity index (χ1) is 8.36. The second-order valence-electron chi connectivity index (χ2n) is 4.81. The molecule has 0 heterocycles. The van der Waals surface area contributed by atoms with E-state index in [9.17, 15) is 13.5 Å². The lowest BCUT2D eigenvalue weighted by Gasteiger charge is -2.16. The fourth-order valence-corrected chi connectivity index (χ4v) is 2.52. The number of benzene rings is 1. The fraction of sp³-hybridized carbons (Fsp3) is 0.455. The summed E-state index contributed by atoms with van der Waals surface area (Å²) in [6.45, 7) is 0.621. The molecule has 6 nitrogen and oxygen atoms in total. The maximum Gasteiger partial charge on any atom is 0.240 e. The summed E-state index contributed by atoms with van der Waals surface area (Å²) in [7, 11) is -3.81. The second kappa shape index (κ2) is 4.42. The summed E-state index contributed by atoms with van der Waals surface area (Å²) < 4.78 is 22.9. The van der Waals surface area contributed by atoms with Crippen molar-refractivity contribution in [1.82, 2.24) is 0 Å². The molecule has 0 atom stereocenters. The van der Waals surface area contributed by atoms with Gasteiger partial charge < -0.3 is 16.2 Å². The Balaban J connectivity index is 2.22. The quantitative estimate of drug-likeness (QED) is 0.566. The Bertz CT molecular complexity index is 553. The normalized spacial score (nSPS) is 17.4. The minimum Gasteiger partial charge on any atom is -0.399 e. The molecule has 0 spiro atoms. The molecule has 1 fully saturated rings. The number of hydrogen-bond acceptors (Lipinski definition) is 5. The molecular formula is C11H17N3O3S. The summed E-state index contributed by atoms with van der Waals surface area (Å²) in [5.74, 6) is 0. The van der Waals surface area contributed by atoms with Gasteiger partial charge in [-0.2, -0.15) is 0 Å². The van der Waals surface area contributed by atoms with Crippen molar-refractivity contribution in [3.8, 4) is 0 Å². The number of hydrogen-bond donors (Lipinski definition) is 4. The van der Waals surface area contributed by atoms with Crippen LogP contribution in [0, 0.1) is 5.41 Å². The van der Waals surface area contributed by atoms with Crippen LogP contribution in [-0.4, -0.2) is 26.7 Å². The van der Waals surface area contributed by atoms with E-state index in [-0.39, 0.29) is 16.9 Å². The Kier molecular flexibility index (Phi) is 3.22. The van der Waals surface area contributed by atoms with E-state index in [1.807, 2.05) is 0 Å². The van der Waals surface area contributed by atoms with Gasteiger partial charge in [-0.25, -0.2) is 13.6 Å². The van der Waals surface area contributed by atoms with Crippen molar-refractivity contribution in [1.29, 1.82) is 0 Å². The maximum absolute atomic E-state index is 11.4. The highest BCUT2D eigenvalue weighted by Gasteiger charge is 2.41. The number of sulfonamides is 1. The maximum atomic E-state index is 11.4. The molecule has 1 aliphatic rings. The van der Waals surface area contributed by atoms with Crippen LogP contribution in [0.3, 0.4) is 0 Å². The fourth-order valence-electron chi connectivity index (χ4n) is 1.77. The Morgan fingerprint density at radius 1 is 1.39 bits per heavy atom. The topological polar surface area (TPSA) is 118 Å². The zero-order valence-electron chi connectivity index (χ0n) is 9.89. The summed E-state index contributed by atoms with van der Waals surface area (Å²) in [6, 6.07) is 4.52. The molecule has 2 rings (SSSR count). The molecule has 7 heteroatoms. The predicted molar refractivity (Wildman–Crippen MR) is 69.5 cm³/mol. The molecule has 0 aliphatic heterocycles. The SMILES string of the molecule is Nc1ccc(NCC2(CO)CC2)c(S(N)(=O)=O)c1. The predicted octanol–water partition coefficient (Wildman–Crippen LogP) is 0.101. The van der Waals surface area contributed by atoms with Crippen LogP contribution in [0.1, 0.15) is 12.8 Å². The average molecular weight is 271 g/mol. The van der Waals surface area contributed by atoms with Crippen molar-refractivity contribution in [2.24, 2.45) is 10.6 Å². The van der Waals surface area contributed by atoms with E-state index >= 15 is 0 Å². The molecule has 1 saturated carbocycles. The van der Waals surface area contributed by atoms with Crippen molar-refractivity contribution in [2.75, 3.05) is 24.2 Å². The van der Waals surface area contributed by atoms with Gasteiger partial charge in [0.05, 0.1) is 12.3 Å². The van der Waals surface area contributed by atoms with E-state index in [2.05, 4.69) is 5.32 Å². The Labute approximate surface area is 106 Å². The molecule has 18 heavy (non-hydrogen) atoms. The van der Waals surface area contributed by atoms with Gasteiger partial charge in [-0.3, -0.25) is 0 Å². The minimum atomic E-state index is -3.81. The minimum absolute atomic E-state index is 0.0174. The standard InChI is InChI=1S/C11H17N3O3S/c12-8-1-2-9(10(5-8)18(13,16)17)14-6-11(7-15)3-4-11/h1-2,5,14-15H,3-4,6-7,12H2,(H2,13,16,17). The van der Waals surface area contributed by atoms with E-state index < -0.39 is 10.0 Å². The third-order valence-electron chi connectivity index (χ3n) is 3.26. The van der Waals surface area contributed by atoms with Crippen LogP contribution in [0.5, 0.6) is 0 Å². The van der Waals surface area contributed by atoms with E-state index in [0.29, 0.717) is 17.9 Å². The molecule has 6 N–H and O–H groups in total. The average Bonchev–Trinajstić information content (AvgIpc) is 3.07. The highest BCUT2D eigenvalue weighted by Crippen LogP contribution is 2.45. The van der Waals surface area contributed by atoms with E-state index in [1.165, 1.54) is 6.07 Å². The van der Waals surface area contributed by atoms with Crippen molar-refractivity contribution >= 4 is 21.4 Å². The number of anilines is 2. The number of nitrogens with two attached hydrogens (primary N) is 2. The first kappa shape index (κ1) is 13.1. The number of rotatable bonds is 5. The zero-order valence-corrected chi connectivity index (χ0v) is 10.7. The molecule has 0 aromatic heterocycles. The molecule has 1 aromatic carbocycles. The van der Waals surface area contributed by atoms with Crippen molar-refractivity contribution < 1.29 is 13.5 Å². The van der Waals surface area contributed by atoms with Crippen LogP contribution in [0.4, 0.5) is 11.4 Å². The summed E-state index contributed by atoms with van der Waals surface area (Å²) in [5, 5.41) is 17.4. The molecule has 0 radical (unpaired) electrons. The van der Waals surface area contributed by atoms with E-state index in [4.69, 9.17) is 10.9 Å². The van der Waals surface area contributed by atoms with E-state index in [0.717, 1.165) is 12.8 Å². The first-order valence-electron chi connectivity index (χ1n) is 5.63. The summed E-state index contributed by atoms with van der Waals surface area (Å²) in [5.41, 5.74) is 6.21. The Hall–Kier alpha value is -1.31. The van der Waals surface area contributed by atoms with Gasteiger partial charge >= 0.3 is 0 Å². The van der Waals surface area contributed by atoms with Gasteiger partial charge in [0.1, 0.15) is 4.90 Å². The Morgan fingerprint density at radius 3 is 2.56 bits per heavy atom. The summed E-state index contributed by atoms with van der Waals surface area (Å²) in [4.78, 5) is -0.0174. The third kappa shape index (κ3) is 2.74. The molecule has 0 unspecified atom stereocenters. The molecule has 1 aromatic rings. The molecular weight excluding hydrogens is 254 g/mol. The van der Waals surface area contributed by atoms with Crippen LogP contribution in [0.2, 0.25) is 0 Å². The molecule has 1 aliphatic carbocycles. The first-order valence-corrected chi connectivity index (χ1v) is 7.18. The number of primary sulfonamides is 1. The van der Waals surface area contributed by atoms with Crippen LogP contribution in [0.25, 0.3) is 0 Å². The largest absolute Gasteiger partial charge is 0.399 e. The lowest BCUT2D eigenvalue weighted by Crippen LogP contribution is -2.21. The van der Waals surface area contributed by atoms with Gasteiger partial charge in [-0.05, 0) is 31.0 Å². The van der Waals surface area contributed by atoms with Gasteiger partial charge in [0, 0.05) is 17.6 Å². The number of aliphatic hydroxyl groups excluding tert-OH is 1. The second-order valence-corrected chi connectivity index (χ2v) is 6.34. The highest BCUT2D eigenvalue weighted by molar-refractivity contribution is 7.89. The highest BCUT2D eigenvalue weighted by atomic mass is 32.2. The van der Waals surface area contributed by atoms with E-state index in [1.54, 1.807) is 12.1 Å². The number of nitrogen functional groups attached to an aromatic ring is 1. The third-order valence-corrected chi connectivity index (χ3v) is 4.21. The van der Waals surface area contributed by atoms with Crippen LogP contribution in [0.15, 0.2) is 23.1 Å². The van der Waals surface area contributed by atoms with Crippen LogP contribution in [-0.2, 0) is 10.0 Å². The van der Waals surface area contributed by atoms with Crippen molar-refractivity contribution in [3.05, 3.63) is 18.2 Å². The Morgan fingerprint density at radius 2 is 2.06 bits per heavy atom. The zero-order chi connectivity index (χ0) is 13.4. The lowest BCUT2D eigenvalue weighted by molar-refractivity contribution is 0.219. The van der Waals surface area contributed by atoms with Crippen molar-refractivity contribution in [3.63, 3.8) is 0 Å². The van der Waals surface area contributed by atoms with Crippen LogP contribution < -0.4 is 16.2 Å². The van der Waals surface area contributed by atoms with Gasteiger partial charge in [0.2, 0.25) is 10.0 Å². The van der Waals surface area contributed by atoms with Gasteiger partial charge in [-0.1, -0.05) is 0 Å². The monoisotopic (exact) mass is 271 g/mol. The summed E-state index contributed by atoms with van der Waals surface area (Å²) >= 11 is 0. The summed E-state index contributed by atoms with van der Waals surface area (Å²) in [6.07, 6.45) is 1.88. The number of nitrogens with one attached hydrogen (secondary N) is 1. The smallest absolute Gasteiger partial charge is 0.240 e. The lowest BCUT2D eigenvalue weighted by atomic mass is 10.1. The molecule has 0 saturated heterocycles. The molecule has 0 bridgehead atoms. The molecule has 0 amide bonds. The van der Waals surface area contributed by atoms with Crippen molar-refractivity contribution in [2.45, 2.75) is 17.7 Å².